The maximum Gasteiger partial charge on any atom is 0.573 e. The van der Waals surface area contributed by atoms with Gasteiger partial charge in [-0.25, -0.2) is 0 Å². The van der Waals surface area contributed by atoms with Crippen molar-refractivity contribution in [2.75, 3.05) is 5.32 Å². The summed E-state index contributed by atoms with van der Waals surface area (Å²) in [7, 11) is 0. The van der Waals surface area contributed by atoms with Gasteiger partial charge < -0.3 is 4.74 Å². The number of aromatic nitrogens is 2. The van der Waals surface area contributed by atoms with Crippen molar-refractivity contribution in [1.29, 1.82) is 5.26 Å². The largest absolute Gasteiger partial charge is 0.573 e. The van der Waals surface area contributed by atoms with Crippen molar-refractivity contribution in [3.8, 4) is 11.8 Å². The Morgan fingerprint density at radius 1 is 1.14 bits per heavy atom. The first-order valence-electron chi connectivity index (χ1n) is 7.95. The van der Waals surface area contributed by atoms with Gasteiger partial charge >= 0.3 is 6.36 Å². The van der Waals surface area contributed by atoms with Gasteiger partial charge in [0.1, 0.15) is 5.75 Å². The molecule has 3 rings (SSSR count). The van der Waals surface area contributed by atoms with E-state index in [0.29, 0.717) is 15.7 Å². The van der Waals surface area contributed by atoms with E-state index in [9.17, 15) is 18.0 Å². The van der Waals surface area contributed by atoms with Crippen LogP contribution in [-0.4, -0.2) is 22.5 Å². The molecule has 1 amide bonds. The molecule has 0 fully saturated rings. The molecule has 29 heavy (non-hydrogen) atoms. The summed E-state index contributed by atoms with van der Waals surface area (Å²) < 4.78 is 40.9. The van der Waals surface area contributed by atoms with Gasteiger partial charge in [0.2, 0.25) is 5.13 Å². The number of nitrogens with one attached hydrogen (secondary N) is 1. The van der Waals surface area contributed by atoms with Crippen LogP contribution in [0.15, 0.2) is 52.9 Å². The smallest absolute Gasteiger partial charge is 0.406 e. The minimum atomic E-state index is -4.79. The van der Waals surface area contributed by atoms with Gasteiger partial charge in [-0.1, -0.05) is 35.2 Å². The highest BCUT2D eigenvalue weighted by Gasteiger charge is 2.31. The van der Waals surface area contributed by atoms with E-state index >= 15 is 0 Å². The number of hydrogen-bond acceptors (Lipinski definition) is 7. The van der Waals surface area contributed by atoms with Gasteiger partial charge in [0, 0.05) is 11.3 Å². The van der Waals surface area contributed by atoms with E-state index in [-0.39, 0.29) is 10.7 Å². The van der Waals surface area contributed by atoms with Crippen molar-refractivity contribution in [2.24, 2.45) is 0 Å². The highest BCUT2D eigenvalue weighted by Crippen LogP contribution is 2.29. The standard InChI is InChI=1S/C18H11F3N4O2S2/c19-18(20,21)27-14-7-5-13(6-8-14)15(26)23-16-24-25-17(29-16)28-10-12-3-1-11(9-22)2-4-12/h1-8H,10H2,(H,23,24,26). The average Bonchev–Trinajstić information content (AvgIpc) is 3.13. The molecule has 1 N–H and O–H groups in total. The summed E-state index contributed by atoms with van der Waals surface area (Å²) in [6, 6.07) is 13.8. The number of anilines is 1. The number of nitrogens with zero attached hydrogens (tertiary/aromatic N) is 3. The lowest BCUT2D eigenvalue weighted by Crippen LogP contribution is -2.17. The Balaban J connectivity index is 1.55. The van der Waals surface area contributed by atoms with Crippen molar-refractivity contribution in [3.63, 3.8) is 0 Å². The third kappa shape index (κ3) is 6.20. The quantitative estimate of drug-likeness (QED) is 0.439. The molecule has 0 unspecified atom stereocenters. The maximum atomic E-state index is 12.2. The zero-order valence-corrected chi connectivity index (χ0v) is 16.1. The molecule has 0 aliphatic carbocycles. The molecular formula is C18H11F3N4O2S2. The van der Waals surface area contributed by atoms with Crippen LogP contribution in [0.5, 0.6) is 5.75 Å². The summed E-state index contributed by atoms with van der Waals surface area (Å²) >= 11 is 2.60. The maximum absolute atomic E-state index is 12.2. The molecule has 0 saturated carbocycles. The van der Waals surface area contributed by atoms with Crippen molar-refractivity contribution in [3.05, 3.63) is 65.2 Å². The number of alkyl halides is 3. The van der Waals surface area contributed by atoms with Gasteiger partial charge in [-0.2, -0.15) is 5.26 Å². The monoisotopic (exact) mass is 436 g/mol. The SMILES string of the molecule is N#Cc1ccc(CSc2nnc(NC(=O)c3ccc(OC(F)(F)F)cc3)s2)cc1. The summed E-state index contributed by atoms with van der Waals surface area (Å²) in [6.07, 6.45) is -4.79. The molecule has 0 aliphatic heterocycles. The number of thioether (sulfide) groups is 1. The van der Waals surface area contributed by atoms with Crippen LogP contribution in [0.1, 0.15) is 21.5 Å². The van der Waals surface area contributed by atoms with E-state index in [4.69, 9.17) is 5.26 Å². The van der Waals surface area contributed by atoms with E-state index in [1.54, 1.807) is 12.1 Å². The molecule has 1 heterocycles. The van der Waals surface area contributed by atoms with Gasteiger partial charge in [0.05, 0.1) is 11.6 Å². The first-order valence-corrected chi connectivity index (χ1v) is 9.75. The predicted molar refractivity (Wildman–Crippen MR) is 102 cm³/mol. The molecule has 148 valence electrons. The summed E-state index contributed by atoms with van der Waals surface area (Å²) in [6.45, 7) is 0. The molecule has 0 spiro atoms. The zero-order valence-electron chi connectivity index (χ0n) is 14.4. The van der Waals surface area contributed by atoms with Crippen LogP contribution in [0.25, 0.3) is 0 Å². The fourth-order valence-electron chi connectivity index (χ4n) is 2.12. The second kappa shape index (κ2) is 8.93. The van der Waals surface area contributed by atoms with Crippen LogP contribution < -0.4 is 10.1 Å². The summed E-state index contributed by atoms with van der Waals surface area (Å²) in [5.41, 5.74) is 1.75. The fraction of sp³-hybridized carbons (Fsp3) is 0.111. The number of nitriles is 1. The number of rotatable bonds is 6. The van der Waals surface area contributed by atoms with E-state index < -0.39 is 18.0 Å². The number of ether oxygens (including phenoxy) is 1. The van der Waals surface area contributed by atoms with E-state index in [2.05, 4.69) is 26.3 Å². The Labute approximate surface area is 171 Å². The Hall–Kier alpha value is -3.10. The zero-order chi connectivity index (χ0) is 20.9. The molecule has 3 aromatic rings. The van der Waals surface area contributed by atoms with Crippen LogP contribution in [0.2, 0.25) is 0 Å². The Kier molecular flexibility index (Phi) is 6.36. The van der Waals surface area contributed by atoms with Crippen molar-refractivity contribution < 1.29 is 22.7 Å². The fourth-order valence-corrected chi connectivity index (χ4v) is 3.82. The molecule has 2 aromatic carbocycles. The molecule has 0 radical (unpaired) electrons. The normalized spacial score (nSPS) is 11.0. The molecule has 6 nitrogen and oxygen atoms in total. The highest BCUT2D eigenvalue weighted by atomic mass is 32.2. The molecule has 0 aliphatic rings. The lowest BCUT2D eigenvalue weighted by atomic mass is 10.2. The number of benzene rings is 2. The highest BCUT2D eigenvalue weighted by molar-refractivity contribution is 8.00. The summed E-state index contributed by atoms with van der Waals surface area (Å²) in [4.78, 5) is 12.2. The first-order chi connectivity index (χ1) is 13.8. The number of carbonyl (C=O) groups excluding carboxylic acids is 1. The molecular weight excluding hydrogens is 425 g/mol. The van der Waals surface area contributed by atoms with Gasteiger partial charge in [-0.05, 0) is 42.0 Å². The van der Waals surface area contributed by atoms with Gasteiger partial charge in [0.25, 0.3) is 5.91 Å². The van der Waals surface area contributed by atoms with Crippen molar-refractivity contribution in [1.82, 2.24) is 10.2 Å². The second-order valence-electron chi connectivity index (χ2n) is 5.50. The third-order valence-corrected chi connectivity index (χ3v) is 5.47. The lowest BCUT2D eigenvalue weighted by molar-refractivity contribution is -0.274. The van der Waals surface area contributed by atoms with Crippen molar-refractivity contribution in [2.45, 2.75) is 16.5 Å². The van der Waals surface area contributed by atoms with E-state index in [1.165, 1.54) is 35.2 Å². The van der Waals surface area contributed by atoms with Gasteiger partial charge in [0.15, 0.2) is 4.34 Å². The van der Waals surface area contributed by atoms with Crippen molar-refractivity contribution >= 4 is 34.1 Å². The molecule has 11 heteroatoms. The molecule has 1 aromatic heterocycles. The van der Waals surface area contributed by atoms with Crippen LogP contribution in [0.4, 0.5) is 18.3 Å². The first kappa shape index (κ1) is 20.6. The third-order valence-electron chi connectivity index (χ3n) is 3.42. The number of amides is 1. The van der Waals surface area contributed by atoms with Crippen LogP contribution in [-0.2, 0) is 5.75 Å². The minimum Gasteiger partial charge on any atom is -0.406 e. The van der Waals surface area contributed by atoms with E-state index in [0.717, 1.165) is 17.7 Å². The number of hydrogen-bond donors (Lipinski definition) is 1. The number of carbonyl (C=O) groups is 1. The summed E-state index contributed by atoms with van der Waals surface area (Å²) in [5.74, 6) is -0.315. The number of halogens is 3. The second-order valence-corrected chi connectivity index (χ2v) is 7.70. The topological polar surface area (TPSA) is 87.9 Å². The minimum absolute atomic E-state index is 0.154. The Morgan fingerprint density at radius 2 is 1.83 bits per heavy atom. The van der Waals surface area contributed by atoms with E-state index in [1.807, 2.05) is 12.1 Å². The molecule has 0 bridgehead atoms. The lowest BCUT2D eigenvalue weighted by Gasteiger charge is -2.08. The average molecular weight is 436 g/mol. The van der Waals surface area contributed by atoms with Crippen LogP contribution in [0.3, 0.4) is 0 Å². The van der Waals surface area contributed by atoms with Gasteiger partial charge in [-0.3, -0.25) is 10.1 Å². The summed E-state index contributed by atoms with van der Waals surface area (Å²) in [5, 5.41) is 19.5. The van der Waals surface area contributed by atoms with Crippen LogP contribution >= 0.6 is 23.1 Å². The van der Waals surface area contributed by atoms with Crippen LogP contribution in [0, 0.1) is 11.3 Å². The Bertz CT molecular complexity index is 1030. The molecule has 0 atom stereocenters. The van der Waals surface area contributed by atoms with Gasteiger partial charge in [-0.15, -0.1) is 23.4 Å². The predicted octanol–water partition coefficient (Wildman–Crippen LogP) is 4.85. The Morgan fingerprint density at radius 3 is 2.45 bits per heavy atom. The molecule has 0 saturated heterocycles.